The Kier molecular flexibility index (Phi) is 4.30. The van der Waals surface area contributed by atoms with Gasteiger partial charge in [0.1, 0.15) is 11.0 Å². The summed E-state index contributed by atoms with van der Waals surface area (Å²) in [5.74, 6) is 0.477. The molecule has 26 heavy (non-hydrogen) atoms. The van der Waals surface area contributed by atoms with Crippen LogP contribution in [0.25, 0.3) is 27.6 Å². The molecule has 2 heterocycles. The van der Waals surface area contributed by atoms with Crippen LogP contribution in [0.1, 0.15) is 11.1 Å². The molecule has 6 heteroatoms. The van der Waals surface area contributed by atoms with E-state index in [0.717, 1.165) is 27.7 Å². The zero-order valence-corrected chi connectivity index (χ0v) is 15.4. The van der Waals surface area contributed by atoms with Crippen molar-refractivity contribution < 1.29 is 5.11 Å². The van der Waals surface area contributed by atoms with Crippen LogP contribution in [0.3, 0.4) is 0 Å². The zero-order chi connectivity index (χ0) is 18.3. The van der Waals surface area contributed by atoms with Crippen LogP contribution < -0.4 is 5.56 Å². The van der Waals surface area contributed by atoms with Crippen LogP contribution in [0.5, 0.6) is 0 Å². The van der Waals surface area contributed by atoms with Gasteiger partial charge in [-0.15, -0.1) is 0 Å². The molecule has 0 aliphatic heterocycles. The van der Waals surface area contributed by atoms with Gasteiger partial charge in [0.25, 0.3) is 5.56 Å². The van der Waals surface area contributed by atoms with Crippen LogP contribution in [-0.2, 0) is 0 Å². The molecule has 4 rings (SSSR count). The molecule has 0 atom stereocenters. The van der Waals surface area contributed by atoms with E-state index in [9.17, 15) is 9.90 Å². The summed E-state index contributed by atoms with van der Waals surface area (Å²) >= 11 is 1.39. The minimum Gasteiger partial charge on any atom is -0.396 e. The number of aliphatic hydroxyl groups excluding tert-OH is 1. The molecule has 2 aromatic carbocycles. The zero-order valence-electron chi connectivity index (χ0n) is 14.6. The monoisotopic (exact) mass is 365 g/mol. The molecular weight excluding hydrogens is 346 g/mol. The standard InChI is InChI=1S/C20H19N3O2S/c1-12-7-8-13(2)16(11-12)23-19(25)18-17(22-20(23)26-10-9-24)14-5-3-4-6-15(14)21-18/h3-8,11,21,24H,9-10H2,1-2H3. The molecule has 0 aliphatic rings. The second kappa shape index (κ2) is 6.63. The van der Waals surface area contributed by atoms with Crippen molar-refractivity contribution in [2.45, 2.75) is 19.0 Å². The molecule has 0 unspecified atom stereocenters. The van der Waals surface area contributed by atoms with Crippen molar-refractivity contribution in [3.63, 3.8) is 0 Å². The van der Waals surface area contributed by atoms with Crippen LogP contribution in [0, 0.1) is 13.8 Å². The van der Waals surface area contributed by atoms with E-state index in [1.165, 1.54) is 11.8 Å². The van der Waals surface area contributed by atoms with Crippen molar-refractivity contribution in [1.29, 1.82) is 0 Å². The summed E-state index contributed by atoms with van der Waals surface area (Å²) in [5, 5.41) is 10.8. The van der Waals surface area contributed by atoms with Crippen LogP contribution in [0.4, 0.5) is 0 Å². The van der Waals surface area contributed by atoms with Crippen LogP contribution in [-0.4, -0.2) is 32.0 Å². The number of nitrogens with zero attached hydrogens (tertiary/aromatic N) is 2. The number of hydrogen-bond donors (Lipinski definition) is 2. The molecule has 0 fully saturated rings. The number of fused-ring (bicyclic) bond motifs is 3. The Morgan fingerprint density at radius 1 is 1.19 bits per heavy atom. The maximum absolute atomic E-state index is 13.4. The molecule has 0 bridgehead atoms. The molecule has 0 saturated carbocycles. The van der Waals surface area contributed by atoms with Gasteiger partial charge in [-0.3, -0.25) is 9.36 Å². The maximum Gasteiger partial charge on any atom is 0.283 e. The smallest absolute Gasteiger partial charge is 0.283 e. The summed E-state index contributed by atoms with van der Waals surface area (Å²) in [6.45, 7) is 4.01. The van der Waals surface area contributed by atoms with Crippen LogP contribution in [0.15, 0.2) is 52.4 Å². The lowest BCUT2D eigenvalue weighted by Crippen LogP contribution is -2.23. The minimum absolute atomic E-state index is 0.0270. The van der Waals surface area contributed by atoms with Gasteiger partial charge < -0.3 is 10.1 Å². The Morgan fingerprint density at radius 3 is 2.81 bits per heavy atom. The number of H-pyrrole nitrogens is 1. The second-order valence-corrected chi connectivity index (χ2v) is 7.35. The predicted molar refractivity (Wildman–Crippen MR) is 106 cm³/mol. The Hall–Kier alpha value is -2.57. The van der Waals surface area contributed by atoms with Crippen molar-refractivity contribution in [1.82, 2.24) is 14.5 Å². The normalized spacial score (nSPS) is 11.5. The van der Waals surface area contributed by atoms with Crippen molar-refractivity contribution >= 4 is 33.7 Å². The van der Waals surface area contributed by atoms with Gasteiger partial charge in [-0.25, -0.2) is 4.98 Å². The molecule has 4 aromatic rings. The van der Waals surface area contributed by atoms with E-state index in [1.54, 1.807) is 4.57 Å². The number of aromatic amines is 1. The van der Waals surface area contributed by atoms with E-state index in [1.807, 2.05) is 56.3 Å². The van der Waals surface area contributed by atoms with Gasteiger partial charge in [0.05, 0.1) is 12.3 Å². The Bertz CT molecular complexity index is 1180. The number of benzene rings is 2. The largest absolute Gasteiger partial charge is 0.396 e. The molecule has 0 aliphatic carbocycles. The molecule has 5 nitrogen and oxygen atoms in total. The summed E-state index contributed by atoms with van der Waals surface area (Å²) in [6.07, 6.45) is 0. The first kappa shape index (κ1) is 16.9. The third-order valence-corrected chi connectivity index (χ3v) is 5.34. The highest BCUT2D eigenvalue weighted by Gasteiger charge is 2.18. The fourth-order valence-electron chi connectivity index (χ4n) is 3.15. The van der Waals surface area contributed by atoms with Crippen molar-refractivity contribution in [3.8, 4) is 5.69 Å². The number of thioether (sulfide) groups is 1. The third kappa shape index (κ3) is 2.71. The second-order valence-electron chi connectivity index (χ2n) is 6.29. The number of para-hydroxylation sites is 1. The summed E-state index contributed by atoms with van der Waals surface area (Å²) in [7, 11) is 0. The van der Waals surface area contributed by atoms with E-state index in [0.29, 0.717) is 21.9 Å². The maximum atomic E-state index is 13.4. The summed E-state index contributed by atoms with van der Waals surface area (Å²) in [6, 6.07) is 13.8. The Morgan fingerprint density at radius 2 is 2.00 bits per heavy atom. The van der Waals surface area contributed by atoms with Gasteiger partial charge in [-0.2, -0.15) is 0 Å². The van der Waals surface area contributed by atoms with E-state index >= 15 is 0 Å². The van der Waals surface area contributed by atoms with Gasteiger partial charge in [0.15, 0.2) is 5.16 Å². The molecular formula is C20H19N3O2S. The first-order valence-corrected chi connectivity index (χ1v) is 9.43. The molecule has 2 aromatic heterocycles. The molecule has 0 radical (unpaired) electrons. The van der Waals surface area contributed by atoms with Crippen molar-refractivity contribution in [3.05, 3.63) is 63.9 Å². The van der Waals surface area contributed by atoms with Gasteiger partial charge >= 0.3 is 0 Å². The van der Waals surface area contributed by atoms with E-state index in [-0.39, 0.29) is 12.2 Å². The average Bonchev–Trinajstić information content (AvgIpc) is 3.01. The van der Waals surface area contributed by atoms with Gasteiger partial charge in [0.2, 0.25) is 0 Å². The van der Waals surface area contributed by atoms with Gasteiger partial charge in [-0.05, 0) is 37.1 Å². The fourth-order valence-corrected chi connectivity index (χ4v) is 3.89. The summed E-state index contributed by atoms with van der Waals surface area (Å²) < 4.78 is 1.65. The lowest BCUT2D eigenvalue weighted by molar-refractivity contribution is 0.322. The first-order chi connectivity index (χ1) is 12.6. The molecule has 0 amide bonds. The Labute approximate surface area is 154 Å². The highest BCUT2D eigenvalue weighted by molar-refractivity contribution is 7.99. The SMILES string of the molecule is Cc1ccc(C)c(-n2c(SCCO)nc3c([nH]c4ccccc43)c2=O)c1. The first-order valence-electron chi connectivity index (χ1n) is 8.45. The number of aliphatic hydroxyl groups is 1. The highest BCUT2D eigenvalue weighted by atomic mass is 32.2. The molecule has 0 spiro atoms. The number of nitrogens with one attached hydrogen (secondary N) is 1. The van der Waals surface area contributed by atoms with E-state index in [2.05, 4.69) is 4.98 Å². The summed E-state index contributed by atoms with van der Waals surface area (Å²) in [5.41, 5.74) is 4.84. The minimum atomic E-state index is -0.125. The lowest BCUT2D eigenvalue weighted by atomic mass is 10.1. The number of rotatable bonds is 4. The average molecular weight is 365 g/mol. The molecule has 132 valence electrons. The Balaban J connectivity index is 2.10. The van der Waals surface area contributed by atoms with Gasteiger partial charge in [-0.1, -0.05) is 42.1 Å². The van der Waals surface area contributed by atoms with Gasteiger partial charge in [0, 0.05) is 16.7 Å². The fraction of sp³-hybridized carbons (Fsp3) is 0.200. The van der Waals surface area contributed by atoms with Crippen LogP contribution in [0.2, 0.25) is 0 Å². The van der Waals surface area contributed by atoms with Crippen molar-refractivity contribution in [2.75, 3.05) is 12.4 Å². The molecule has 0 saturated heterocycles. The lowest BCUT2D eigenvalue weighted by Gasteiger charge is -2.14. The topological polar surface area (TPSA) is 70.9 Å². The third-order valence-electron chi connectivity index (χ3n) is 4.42. The molecule has 2 N–H and O–H groups in total. The number of hydrogen-bond acceptors (Lipinski definition) is 4. The highest BCUT2D eigenvalue weighted by Crippen LogP contribution is 2.27. The number of aromatic nitrogens is 3. The summed E-state index contributed by atoms with van der Waals surface area (Å²) in [4.78, 5) is 21.4. The quantitative estimate of drug-likeness (QED) is 0.428. The van der Waals surface area contributed by atoms with E-state index < -0.39 is 0 Å². The predicted octanol–water partition coefficient (Wildman–Crippen LogP) is 3.57. The van der Waals surface area contributed by atoms with Crippen molar-refractivity contribution in [2.24, 2.45) is 0 Å². The van der Waals surface area contributed by atoms with Crippen LogP contribution >= 0.6 is 11.8 Å². The van der Waals surface area contributed by atoms with E-state index in [4.69, 9.17) is 4.98 Å². The number of aryl methyl sites for hydroxylation is 2.